The SMILES string of the molecule is CCc1ccc(CN(C)C(=O)c2cn(C3CCNCC3)nn2)cc1.Cl. The molecular weight excluding hydrogens is 338 g/mol. The zero-order valence-electron chi connectivity index (χ0n) is 14.8. The monoisotopic (exact) mass is 363 g/mol. The molecule has 2 heterocycles. The molecular formula is C18H26ClN5O. The number of rotatable bonds is 5. The van der Waals surface area contributed by atoms with Gasteiger partial charge in [-0.05, 0) is 43.5 Å². The number of amides is 1. The average molecular weight is 364 g/mol. The van der Waals surface area contributed by atoms with Crippen LogP contribution in [0.25, 0.3) is 0 Å². The first-order chi connectivity index (χ1) is 11.7. The molecule has 1 aliphatic rings. The number of nitrogens with zero attached hydrogens (tertiary/aromatic N) is 4. The summed E-state index contributed by atoms with van der Waals surface area (Å²) in [4.78, 5) is 14.3. The third-order valence-electron chi connectivity index (χ3n) is 4.61. The summed E-state index contributed by atoms with van der Waals surface area (Å²) in [7, 11) is 1.81. The van der Waals surface area contributed by atoms with Gasteiger partial charge in [-0.15, -0.1) is 17.5 Å². The van der Waals surface area contributed by atoms with E-state index >= 15 is 0 Å². The molecule has 1 amide bonds. The van der Waals surface area contributed by atoms with E-state index in [1.807, 2.05) is 4.68 Å². The standard InChI is InChI=1S/C18H25N5O.ClH/c1-3-14-4-6-15(7-5-14)12-22(2)18(24)17-13-23(21-20-17)16-8-10-19-11-9-16;/h4-7,13,16,19H,3,8-12H2,1-2H3;1H. The highest BCUT2D eigenvalue weighted by molar-refractivity contribution is 5.91. The van der Waals surface area contributed by atoms with E-state index in [0.717, 1.165) is 37.9 Å². The Hall–Kier alpha value is -1.92. The van der Waals surface area contributed by atoms with E-state index in [0.29, 0.717) is 18.3 Å². The van der Waals surface area contributed by atoms with E-state index in [1.54, 1.807) is 18.1 Å². The van der Waals surface area contributed by atoms with Crippen molar-refractivity contribution in [1.29, 1.82) is 0 Å². The first-order valence-corrected chi connectivity index (χ1v) is 8.63. The molecule has 0 saturated carbocycles. The Morgan fingerprint density at radius 2 is 1.88 bits per heavy atom. The van der Waals surface area contributed by atoms with Crippen molar-refractivity contribution < 1.29 is 4.79 Å². The summed E-state index contributed by atoms with van der Waals surface area (Å²) in [6, 6.07) is 8.72. The lowest BCUT2D eigenvalue weighted by molar-refractivity contribution is 0.0779. The van der Waals surface area contributed by atoms with Gasteiger partial charge in [-0.25, -0.2) is 4.68 Å². The fourth-order valence-corrected chi connectivity index (χ4v) is 3.05. The maximum atomic E-state index is 12.6. The molecule has 0 aliphatic carbocycles. The molecule has 25 heavy (non-hydrogen) atoms. The molecule has 3 rings (SSSR count). The fourth-order valence-electron chi connectivity index (χ4n) is 3.05. The van der Waals surface area contributed by atoms with Gasteiger partial charge in [0.05, 0.1) is 12.2 Å². The van der Waals surface area contributed by atoms with Crippen LogP contribution in [-0.2, 0) is 13.0 Å². The van der Waals surface area contributed by atoms with Gasteiger partial charge in [0.1, 0.15) is 0 Å². The molecule has 0 atom stereocenters. The second-order valence-corrected chi connectivity index (χ2v) is 6.40. The van der Waals surface area contributed by atoms with Gasteiger partial charge in [-0.3, -0.25) is 4.79 Å². The molecule has 1 fully saturated rings. The Balaban J connectivity index is 0.00000225. The number of carbonyl (C=O) groups is 1. The first kappa shape index (κ1) is 19.4. The van der Waals surface area contributed by atoms with Crippen LogP contribution in [0.3, 0.4) is 0 Å². The largest absolute Gasteiger partial charge is 0.336 e. The number of piperidine rings is 1. The lowest BCUT2D eigenvalue weighted by atomic mass is 10.1. The van der Waals surface area contributed by atoms with Crippen LogP contribution >= 0.6 is 12.4 Å². The fraction of sp³-hybridized carbons (Fsp3) is 0.500. The Morgan fingerprint density at radius 3 is 2.52 bits per heavy atom. The van der Waals surface area contributed by atoms with Gasteiger partial charge in [0, 0.05) is 13.6 Å². The molecule has 0 bridgehead atoms. The number of aromatic nitrogens is 3. The molecule has 1 aliphatic heterocycles. The van der Waals surface area contributed by atoms with Crippen LogP contribution < -0.4 is 5.32 Å². The van der Waals surface area contributed by atoms with Crippen LogP contribution in [0.5, 0.6) is 0 Å². The summed E-state index contributed by atoms with van der Waals surface area (Å²) in [6.07, 6.45) is 4.86. The summed E-state index contributed by atoms with van der Waals surface area (Å²) in [6.45, 7) is 4.68. The maximum absolute atomic E-state index is 12.6. The Labute approximate surface area is 155 Å². The van der Waals surface area contributed by atoms with E-state index in [4.69, 9.17) is 0 Å². The van der Waals surface area contributed by atoms with Crippen molar-refractivity contribution in [2.75, 3.05) is 20.1 Å². The highest BCUT2D eigenvalue weighted by Crippen LogP contribution is 2.17. The van der Waals surface area contributed by atoms with Gasteiger partial charge in [0.25, 0.3) is 5.91 Å². The molecule has 0 spiro atoms. The third-order valence-corrected chi connectivity index (χ3v) is 4.61. The lowest BCUT2D eigenvalue weighted by Crippen LogP contribution is -2.29. The zero-order valence-corrected chi connectivity index (χ0v) is 15.6. The number of aryl methyl sites for hydroxylation is 1. The van der Waals surface area contributed by atoms with Crippen LogP contribution in [0, 0.1) is 0 Å². The number of benzene rings is 1. The number of halogens is 1. The summed E-state index contributed by atoms with van der Waals surface area (Å²) in [5.41, 5.74) is 2.84. The van der Waals surface area contributed by atoms with E-state index in [2.05, 4.69) is 46.8 Å². The molecule has 2 aromatic rings. The summed E-state index contributed by atoms with van der Waals surface area (Å²) < 4.78 is 1.85. The topological polar surface area (TPSA) is 63.1 Å². The van der Waals surface area contributed by atoms with Gasteiger partial charge in [-0.1, -0.05) is 36.4 Å². The van der Waals surface area contributed by atoms with E-state index in [1.165, 1.54) is 5.56 Å². The molecule has 1 aromatic heterocycles. The number of hydrogen-bond acceptors (Lipinski definition) is 4. The first-order valence-electron chi connectivity index (χ1n) is 8.63. The summed E-state index contributed by atoms with van der Waals surface area (Å²) >= 11 is 0. The van der Waals surface area contributed by atoms with Gasteiger partial charge in [0.15, 0.2) is 5.69 Å². The molecule has 7 heteroatoms. The predicted octanol–water partition coefficient (Wildman–Crippen LogP) is 2.46. The Kier molecular flexibility index (Phi) is 6.96. The minimum atomic E-state index is -0.0882. The van der Waals surface area contributed by atoms with Crippen LogP contribution in [-0.4, -0.2) is 45.9 Å². The minimum absolute atomic E-state index is 0. The lowest BCUT2D eigenvalue weighted by Gasteiger charge is -2.22. The number of nitrogens with one attached hydrogen (secondary N) is 1. The van der Waals surface area contributed by atoms with Gasteiger partial charge in [0.2, 0.25) is 0 Å². The zero-order chi connectivity index (χ0) is 16.9. The van der Waals surface area contributed by atoms with Gasteiger partial charge < -0.3 is 10.2 Å². The Bertz CT molecular complexity index is 679. The predicted molar refractivity (Wildman–Crippen MR) is 100 cm³/mol. The van der Waals surface area contributed by atoms with Crippen molar-refractivity contribution in [3.8, 4) is 0 Å². The van der Waals surface area contributed by atoms with Crippen molar-refractivity contribution in [2.24, 2.45) is 0 Å². The normalized spacial score (nSPS) is 14.8. The van der Waals surface area contributed by atoms with Crippen molar-refractivity contribution in [1.82, 2.24) is 25.2 Å². The van der Waals surface area contributed by atoms with Crippen molar-refractivity contribution >= 4 is 18.3 Å². The molecule has 1 saturated heterocycles. The average Bonchev–Trinajstić information content (AvgIpc) is 3.12. The molecule has 6 nitrogen and oxygen atoms in total. The van der Waals surface area contributed by atoms with Crippen LogP contribution in [0.15, 0.2) is 30.5 Å². The highest BCUT2D eigenvalue weighted by Gasteiger charge is 2.20. The van der Waals surface area contributed by atoms with Crippen LogP contribution in [0.2, 0.25) is 0 Å². The molecule has 1 N–H and O–H groups in total. The van der Waals surface area contributed by atoms with Crippen molar-refractivity contribution in [2.45, 2.75) is 38.8 Å². The minimum Gasteiger partial charge on any atom is -0.336 e. The van der Waals surface area contributed by atoms with Gasteiger partial charge in [-0.2, -0.15) is 0 Å². The van der Waals surface area contributed by atoms with E-state index in [-0.39, 0.29) is 18.3 Å². The Morgan fingerprint density at radius 1 is 1.24 bits per heavy atom. The third kappa shape index (κ3) is 4.80. The number of hydrogen-bond donors (Lipinski definition) is 1. The molecule has 0 unspecified atom stereocenters. The van der Waals surface area contributed by atoms with Crippen molar-refractivity contribution in [3.63, 3.8) is 0 Å². The number of carbonyl (C=O) groups excluding carboxylic acids is 1. The van der Waals surface area contributed by atoms with Gasteiger partial charge >= 0.3 is 0 Å². The van der Waals surface area contributed by atoms with E-state index in [9.17, 15) is 4.79 Å². The van der Waals surface area contributed by atoms with Crippen molar-refractivity contribution in [3.05, 3.63) is 47.3 Å². The maximum Gasteiger partial charge on any atom is 0.276 e. The smallest absolute Gasteiger partial charge is 0.276 e. The van der Waals surface area contributed by atoms with Crippen LogP contribution in [0.1, 0.15) is 47.4 Å². The quantitative estimate of drug-likeness (QED) is 0.886. The second-order valence-electron chi connectivity index (χ2n) is 6.40. The highest BCUT2D eigenvalue weighted by atomic mass is 35.5. The molecule has 1 aromatic carbocycles. The summed E-state index contributed by atoms with van der Waals surface area (Å²) in [5, 5.41) is 11.6. The summed E-state index contributed by atoms with van der Waals surface area (Å²) in [5.74, 6) is -0.0882. The second kappa shape index (κ2) is 8.97. The molecule has 136 valence electrons. The van der Waals surface area contributed by atoms with E-state index < -0.39 is 0 Å². The van der Waals surface area contributed by atoms with Crippen LogP contribution in [0.4, 0.5) is 0 Å². The molecule has 0 radical (unpaired) electrons.